The molecule has 4 nitrogen and oxygen atoms in total. The second kappa shape index (κ2) is 3.11. The minimum absolute atomic E-state index is 0.0899. The maximum Gasteiger partial charge on any atom is 0.320 e. The second-order valence-corrected chi connectivity index (χ2v) is 5.97. The van der Waals surface area contributed by atoms with Crippen LogP contribution in [-0.4, -0.2) is 52.7 Å². The largest absolute Gasteiger partial charge is 0.386 e. The highest BCUT2D eigenvalue weighted by Crippen LogP contribution is 2.31. The van der Waals surface area contributed by atoms with Crippen LogP contribution in [0.4, 0.5) is 4.79 Å². The van der Waals surface area contributed by atoms with E-state index in [0.717, 1.165) is 19.5 Å². The van der Waals surface area contributed by atoms with Gasteiger partial charge in [0.2, 0.25) is 0 Å². The van der Waals surface area contributed by atoms with E-state index in [1.807, 2.05) is 4.90 Å². The Hall–Kier alpha value is -0.770. The molecule has 0 bridgehead atoms. The van der Waals surface area contributed by atoms with Crippen LogP contribution in [0.25, 0.3) is 0 Å². The summed E-state index contributed by atoms with van der Waals surface area (Å²) in [5.41, 5.74) is -0.409. The second-order valence-electron chi connectivity index (χ2n) is 5.97. The Kier molecular flexibility index (Phi) is 2.23. The first-order chi connectivity index (χ1) is 6.79. The van der Waals surface area contributed by atoms with Crippen LogP contribution >= 0.6 is 0 Å². The molecule has 0 aliphatic carbocycles. The molecule has 2 amide bonds. The van der Waals surface area contributed by atoms with Gasteiger partial charge in [-0.3, -0.25) is 0 Å². The van der Waals surface area contributed by atoms with Crippen molar-refractivity contribution in [2.45, 2.75) is 32.8 Å². The van der Waals surface area contributed by atoms with Gasteiger partial charge in [-0.25, -0.2) is 4.79 Å². The van der Waals surface area contributed by atoms with Crippen LogP contribution < -0.4 is 0 Å². The Bertz CT molecular complexity index is 278. The average molecular weight is 212 g/mol. The fourth-order valence-electron chi connectivity index (χ4n) is 2.39. The van der Waals surface area contributed by atoms with Crippen molar-refractivity contribution in [1.82, 2.24) is 9.80 Å². The normalized spacial score (nSPS) is 27.7. The zero-order chi connectivity index (χ0) is 11.3. The summed E-state index contributed by atoms with van der Waals surface area (Å²) in [6.07, 6.45) is 1.07. The molecule has 0 saturated carbocycles. The number of rotatable bonds is 0. The van der Waals surface area contributed by atoms with E-state index in [1.165, 1.54) is 0 Å². The molecule has 2 heterocycles. The van der Waals surface area contributed by atoms with Gasteiger partial charge in [0.1, 0.15) is 0 Å². The van der Waals surface area contributed by atoms with E-state index in [1.54, 1.807) is 11.8 Å². The third-order valence-electron chi connectivity index (χ3n) is 3.28. The van der Waals surface area contributed by atoms with Crippen molar-refractivity contribution in [1.29, 1.82) is 0 Å². The van der Waals surface area contributed by atoms with Crippen LogP contribution in [0.15, 0.2) is 0 Å². The third kappa shape index (κ3) is 2.09. The third-order valence-corrected chi connectivity index (χ3v) is 3.28. The fraction of sp³-hybridized carbons (Fsp3) is 0.909. The maximum atomic E-state index is 11.9. The summed E-state index contributed by atoms with van der Waals surface area (Å²) >= 11 is 0. The van der Waals surface area contributed by atoms with Crippen molar-refractivity contribution >= 4 is 6.03 Å². The zero-order valence-corrected chi connectivity index (χ0v) is 9.79. The molecule has 2 fully saturated rings. The lowest BCUT2D eigenvalue weighted by atomic mass is 9.93. The molecule has 0 aromatic carbocycles. The van der Waals surface area contributed by atoms with Gasteiger partial charge in [-0.15, -0.1) is 0 Å². The molecule has 0 aromatic heterocycles. The molecule has 0 spiro atoms. The molecule has 1 N–H and O–H groups in total. The first kappa shape index (κ1) is 10.7. The molecule has 2 aliphatic heterocycles. The number of hydrogen-bond acceptors (Lipinski definition) is 2. The van der Waals surface area contributed by atoms with E-state index in [2.05, 4.69) is 13.8 Å². The van der Waals surface area contributed by atoms with Crippen LogP contribution in [-0.2, 0) is 0 Å². The van der Waals surface area contributed by atoms with Gasteiger partial charge in [-0.2, -0.15) is 0 Å². The molecule has 2 saturated heterocycles. The number of amides is 2. The highest BCUT2D eigenvalue weighted by atomic mass is 16.3. The monoisotopic (exact) mass is 212 g/mol. The fourth-order valence-corrected chi connectivity index (χ4v) is 2.39. The summed E-state index contributed by atoms with van der Waals surface area (Å²) in [4.78, 5) is 15.6. The smallest absolute Gasteiger partial charge is 0.320 e. The summed E-state index contributed by atoms with van der Waals surface area (Å²) in [5, 5.41) is 9.57. The molecule has 86 valence electrons. The van der Waals surface area contributed by atoms with Gasteiger partial charge < -0.3 is 14.9 Å². The number of carbonyl (C=O) groups excluding carboxylic acids is 1. The van der Waals surface area contributed by atoms with Gasteiger partial charge in [-0.05, 0) is 18.8 Å². The SMILES string of the molecule is CC1(C)CCN(C(=O)N2CC(C)(O)C2)C1. The Morgan fingerprint density at radius 1 is 1.13 bits per heavy atom. The molecule has 15 heavy (non-hydrogen) atoms. The Balaban J connectivity index is 1.89. The molecule has 0 aromatic rings. The van der Waals surface area contributed by atoms with Gasteiger partial charge in [0.05, 0.1) is 18.7 Å². The average Bonchev–Trinajstić information content (AvgIpc) is 2.40. The number of hydrogen-bond donors (Lipinski definition) is 1. The van der Waals surface area contributed by atoms with Crippen molar-refractivity contribution in [2.75, 3.05) is 26.2 Å². The molecular weight excluding hydrogens is 192 g/mol. The molecule has 2 rings (SSSR count). The highest BCUT2D eigenvalue weighted by molar-refractivity contribution is 5.76. The highest BCUT2D eigenvalue weighted by Gasteiger charge is 2.43. The summed E-state index contributed by atoms with van der Waals surface area (Å²) in [7, 11) is 0. The summed E-state index contributed by atoms with van der Waals surface area (Å²) in [6.45, 7) is 8.78. The van der Waals surface area contributed by atoms with Gasteiger partial charge in [-0.1, -0.05) is 13.8 Å². The van der Waals surface area contributed by atoms with Gasteiger partial charge in [0.15, 0.2) is 0 Å². The van der Waals surface area contributed by atoms with Crippen LogP contribution in [0.3, 0.4) is 0 Å². The van der Waals surface area contributed by atoms with Crippen LogP contribution in [0.2, 0.25) is 0 Å². The molecular formula is C11H20N2O2. The summed E-state index contributed by atoms with van der Waals surface area (Å²) in [6, 6.07) is 0.0899. The number of urea groups is 1. The van der Waals surface area contributed by atoms with Gasteiger partial charge >= 0.3 is 6.03 Å². The quantitative estimate of drug-likeness (QED) is 0.648. The first-order valence-corrected chi connectivity index (χ1v) is 5.55. The predicted octanol–water partition coefficient (Wildman–Crippen LogP) is 0.905. The van der Waals surface area contributed by atoms with Crippen molar-refractivity contribution < 1.29 is 9.90 Å². The molecule has 0 radical (unpaired) electrons. The van der Waals surface area contributed by atoms with E-state index < -0.39 is 5.60 Å². The molecule has 0 atom stereocenters. The number of likely N-dealkylation sites (tertiary alicyclic amines) is 2. The lowest BCUT2D eigenvalue weighted by Crippen LogP contribution is -2.64. The predicted molar refractivity (Wildman–Crippen MR) is 57.6 cm³/mol. The lowest BCUT2D eigenvalue weighted by molar-refractivity contribution is -0.0660. The van der Waals surface area contributed by atoms with Crippen LogP contribution in [0, 0.1) is 5.41 Å². The number of carbonyl (C=O) groups is 1. The minimum Gasteiger partial charge on any atom is -0.386 e. The summed E-state index contributed by atoms with van der Waals surface area (Å²) in [5.74, 6) is 0. The lowest BCUT2D eigenvalue weighted by Gasteiger charge is -2.45. The molecule has 2 aliphatic rings. The van der Waals surface area contributed by atoms with E-state index in [-0.39, 0.29) is 11.4 Å². The first-order valence-electron chi connectivity index (χ1n) is 5.55. The Morgan fingerprint density at radius 3 is 2.13 bits per heavy atom. The van der Waals surface area contributed by atoms with Crippen molar-refractivity contribution in [3.63, 3.8) is 0 Å². The maximum absolute atomic E-state index is 11.9. The Morgan fingerprint density at radius 2 is 1.73 bits per heavy atom. The van der Waals surface area contributed by atoms with Crippen molar-refractivity contribution in [3.8, 4) is 0 Å². The van der Waals surface area contributed by atoms with Crippen molar-refractivity contribution in [3.05, 3.63) is 0 Å². The van der Waals surface area contributed by atoms with E-state index >= 15 is 0 Å². The van der Waals surface area contributed by atoms with Crippen molar-refractivity contribution in [2.24, 2.45) is 5.41 Å². The zero-order valence-electron chi connectivity index (χ0n) is 9.79. The molecule has 4 heteroatoms. The number of β-amino-alcohol motifs (C(OH)–C–C–N with tert-alkyl or cyclic N) is 1. The Labute approximate surface area is 90.9 Å². The number of nitrogens with zero attached hydrogens (tertiary/aromatic N) is 2. The van der Waals surface area contributed by atoms with E-state index in [9.17, 15) is 9.90 Å². The molecule has 0 unspecified atom stereocenters. The topological polar surface area (TPSA) is 43.8 Å². The minimum atomic E-state index is -0.662. The number of aliphatic hydroxyl groups is 1. The summed E-state index contributed by atoms with van der Waals surface area (Å²) < 4.78 is 0. The standard InChI is InChI=1S/C11H20N2O2/c1-10(2)4-5-12(6-10)9(14)13-7-11(3,15)8-13/h15H,4-8H2,1-3H3. The van der Waals surface area contributed by atoms with Crippen LogP contribution in [0.5, 0.6) is 0 Å². The van der Waals surface area contributed by atoms with Gasteiger partial charge in [0, 0.05) is 13.1 Å². The van der Waals surface area contributed by atoms with E-state index in [0.29, 0.717) is 13.1 Å². The van der Waals surface area contributed by atoms with E-state index in [4.69, 9.17) is 0 Å². The van der Waals surface area contributed by atoms with Crippen LogP contribution in [0.1, 0.15) is 27.2 Å². The van der Waals surface area contributed by atoms with Gasteiger partial charge in [0.25, 0.3) is 0 Å².